The first kappa shape index (κ1) is 21.2. The van der Waals surface area contributed by atoms with Gasteiger partial charge in [-0.15, -0.1) is 11.3 Å². The molecule has 9 aromatic rings. The third-order valence-corrected chi connectivity index (χ3v) is 9.70. The zero-order valence-corrected chi connectivity index (χ0v) is 21.9. The predicted molar refractivity (Wildman–Crippen MR) is 172 cm³/mol. The van der Waals surface area contributed by atoms with Crippen LogP contribution in [0.25, 0.3) is 85.2 Å². The second kappa shape index (κ2) is 7.89. The first-order chi connectivity index (χ1) is 19.4. The molecule has 0 atom stereocenters. The summed E-state index contributed by atoms with van der Waals surface area (Å²) in [6.07, 6.45) is 0. The van der Waals surface area contributed by atoms with E-state index < -0.39 is 0 Å². The van der Waals surface area contributed by atoms with Crippen molar-refractivity contribution in [1.29, 1.82) is 0 Å². The van der Waals surface area contributed by atoms with Crippen molar-refractivity contribution in [3.05, 3.63) is 133 Å². The number of benzene rings is 8. The Balaban J connectivity index is 1.49. The van der Waals surface area contributed by atoms with E-state index in [2.05, 4.69) is 133 Å². The smallest absolute Gasteiger partial charge is 0.0440 e. The largest absolute Gasteiger partial charge is 0.134 e. The third-order valence-electron chi connectivity index (χ3n) is 8.43. The van der Waals surface area contributed by atoms with Crippen molar-refractivity contribution in [2.45, 2.75) is 0 Å². The maximum atomic E-state index is 2.32. The first-order valence-corrected chi connectivity index (χ1v) is 14.3. The van der Waals surface area contributed by atoms with Crippen LogP contribution in [0.15, 0.2) is 133 Å². The molecule has 1 heteroatoms. The molecule has 0 amide bonds. The van der Waals surface area contributed by atoms with E-state index >= 15 is 0 Å². The highest BCUT2D eigenvalue weighted by atomic mass is 32.1. The molecule has 0 nitrogen and oxygen atoms in total. The van der Waals surface area contributed by atoms with Crippen LogP contribution in [0, 0.1) is 0 Å². The molecule has 39 heavy (non-hydrogen) atoms. The van der Waals surface area contributed by atoms with Crippen molar-refractivity contribution in [1.82, 2.24) is 0 Å². The van der Waals surface area contributed by atoms with E-state index in [0.29, 0.717) is 0 Å². The molecule has 0 N–H and O–H groups in total. The summed E-state index contributed by atoms with van der Waals surface area (Å²) in [5.41, 5.74) is 2.62. The van der Waals surface area contributed by atoms with Crippen molar-refractivity contribution in [2.24, 2.45) is 0 Å². The van der Waals surface area contributed by atoms with Crippen LogP contribution in [0.3, 0.4) is 0 Å². The maximum Gasteiger partial charge on any atom is 0.0440 e. The lowest BCUT2D eigenvalue weighted by atomic mass is 9.89. The molecular formula is C38H22S. The maximum absolute atomic E-state index is 2.32. The third kappa shape index (κ3) is 2.83. The lowest BCUT2D eigenvalue weighted by molar-refractivity contribution is 1.74. The second-order valence-electron chi connectivity index (χ2n) is 10.4. The van der Waals surface area contributed by atoms with Crippen molar-refractivity contribution in [2.75, 3.05) is 0 Å². The van der Waals surface area contributed by atoms with E-state index in [1.807, 2.05) is 11.3 Å². The molecule has 0 spiro atoms. The fourth-order valence-corrected chi connectivity index (χ4v) is 8.20. The molecular weight excluding hydrogens is 488 g/mol. The molecule has 0 radical (unpaired) electrons. The van der Waals surface area contributed by atoms with Crippen LogP contribution in [0.4, 0.5) is 0 Å². The van der Waals surface area contributed by atoms with Crippen molar-refractivity contribution in [3.63, 3.8) is 0 Å². The highest BCUT2D eigenvalue weighted by Crippen LogP contribution is 2.48. The van der Waals surface area contributed by atoms with Crippen molar-refractivity contribution in [3.8, 4) is 11.1 Å². The molecule has 0 unspecified atom stereocenters. The van der Waals surface area contributed by atoms with E-state index in [4.69, 9.17) is 0 Å². The molecule has 1 heterocycles. The molecule has 8 aromatic carbocycles. The first-order valence-electron chi connectivity index (χ1n) is 13.5. The highest BCUT2D eigenvalue weighted by molar-refractivity contribution is 7.27. The van der Waals surface area contributed by atoms with Crippen molar-refractivity contribution >= 4 is 85.4 Å². The van der Waals surface area contributed by atoms with Crippen LogP contribution in [0.5, 0.6) is 0 Å². The van der Waals surface area contributed by atoms with Gasteiger partial charge in [-0.3, -0.25) is 0 Å². The average Bonchev–Trinajstić information content (AvgIpc) is 3.41. The molecule has 0 fully saturated rings. The van der Waals surface area contributed by atoms with Crippen LogP contribution in [0.1, 0.15) is 0 Å². The zero-order chi connectivity index (χ0) is 25.5. The summed E-state index contributed by atoms with van der Waals surface area (Å²) in [4.78, 5) is 0. The van der Waals surface area contributed by atoms with Gasteiger partial charge in [0.05, 0.1) is 0 Å². The lowest BCUT2D eigenvalue weighted by Crippen LogP contribution is -1.87. The second-order valence-corrected chi connectivity index (χ2v) is 11.4. The van der Waals surface area contributed by atoms with Crippen LogP contribution in [0.2, 0.25) is 0 Å². The van der Waals surface area contributed by atoms with Gasteiger partial charge in [0.1, 0.15) is 0 Å². The molecule has 9 rings (SSSR count). The van der Waals surface area contributed by atoms with E-state index in [1.54, 1.807) is 0 Å². The topological polar surface area (TPSA) is 0 Å². The summed E-state index contributed by atoms with van der Waals surface area (Å²) < 4.78 is 2.74. The molecule has 0 aliphatic rings. The summed E-state index contributed by atoms with van der Waals surface area (Å²) in [5.74, 6) is 0. The van der Waals surface area contributed by atoms with Crippen LogP contribution in [-0.4, -0.2) is 0 Å². The Morgan fingerprint density at radius 3 is 1.23 bits per heavy atom. The van der Waals surface area contributed by atoms with Crippen LogP contribution in [-0.2, 0) is 0 Å². The number of rotatable bonds is 1. The van der Waals surface area contributed by atoms with Crippen molar-refractivity contribution < 1.29 is 0 Å². The molecule has 0 aliphatic carbocycles. The van der Waals surface area contributed by atoms with Gasteiger partial charge in [0.25, 0.3) is 0 Å². The Morgan fingerprint density at radius 2 is 0.641 bits per heavy atom. The number of thiophene rings is 1. The Labute approximate surface area is 229 Å². The fourth-order valence-electron chi connectivity index (χ4n) is 6.82. The molecule has 1 aromatic heterocycles. The lowest BCUT2D eigenvalue weighted by Gasteiger charge is -2.14. The van der Waals surface area contributed by atoms with E-state index in [0.717, 1.165) is 0 Å². The van der Waals surface area contributed by atoms with Gasteiger partial charge in [0, 0.05) is 31.1 Å². The monoisotopic (exact) mass is 510 g/mol. The minimum atomic E-state index is 1.31. The quantitative estimate of drug-likeness (QED) is 0.193. The molecule has 180 valence electrons. The molecule has 0 bridgehead atoms. The van der Waals surface area contributed by atoms with Gasteiger partial charge >= 0.3 is 0 Å². The minimum Gasteiger partial charge on any atom is -0.134 e. The van der Waals surface area contributed by atoms with E-state index in [1.165, 1.54) is 85.2 Å². The van der Waals surface area contributed by atoms with Gasteiger partial charge in [-0.2, -0.15) is 0 Å². The minimum absolute atomic E-state index is 1.31. The number of hydrogen-bond acceptors (Lipinski definition) is 1. The van der Waals surface area contributed by atoms with E-state index in [9.17, 15) is 0 Å². The van der Waals surface area contributed by atoms with E-state index in [-0.39, 0.29) is 0 Å². The summed E-state index contributed by atoms with van der Waals surface area (Å²) >= 11 is 1.95. The standard InChI is InChI=1S/C38H22S/c1-2-12-25-23(11-1)24-13-3-6-16-28(24)35-29(25)19-9-20-31(35)33-21-10-22-34-36-30-17-7-4-14-26(30)27-15-5-8-18-32(27)38(36)39-37(33)34/h1-22H. The molecule has 0 aliphatic heterocycles. The molecule has 0 saturated carbocycles. The van der Waals surface area contributed by atoms with Gasteiger partial charge in [0.2, 0.25) is 0 Å². The van der Waals surface area contributed by atoms with Gasteiger partial charge in [-0.25, -0.2) is 0 Å². The number of hydrogen-bond donors (Lipinski definition) is 0. The zero-order valence-electron chi connectivity index (χ0n) is 21.1. The Hall–Kier alpha value is -4.72. The van der Waals surface area contributed by atoms with Gasteiger partial charge in [-0.05, 0) is 54.0 Å². The fraction of sp³-hybridized carbons (Fsp3) is 0. The Kier molecular flexibility index (Phi) is 4.30. The Bertz CT molecular complexity index is 2400. The van der Waals surface area contributed by atoms with Gasteiger partial charge in [0.15, 0.2) is 0 Å². The SMILES string of the molecule is c1ccc2c(c1)c1ccccc1c1c(-c3cccc4c3sc3c5ccccc5c5ccccc5c43)cccc21. The summed E-state index contributed by atoms with van der Waals surface area (Å²) in [6, 6.07) is 49.2. The predicted octanol–water partition coefficient (Wildman–Crippen LogP) is 11.5. The summed E-state index contributed by atoms with van der Waals surface area (Å²) in [5, 5.41) is 16.0. The molecule has 0 saturated heterocycles. The summed E-state index contributed by atoms with van der Waals surface area (Å²) in [7, 11) is 0. The average molecular weight is 511 g/mol. The van der Waals surface area contributed by atoms with Gasteiger partial charge < -0.3 is 0 Å². The van der Waals surface area contributed by atoms with Gasteiger partial charge in [-0.1, -0.05) is 133 Å². The highest BCUT2D eigenvalue weighted by Gasteiger charge is 2.18. The normalized spacial score (nSPS) is 12.1. The Morgan fingerprint density at radius 1 is 0.256 bits per heavy atom. The van der Waals surface area contributed by atoms with Crippen LogP contribution < -0.4 is 0 Å². The van der Waals surface area contributed by atoms with Crippen LogP contribution >= 0.6 is 11.3 Å². The summed E-state index contributed by atoms with van der Waals surface area (Å²) in [6.45, 7) is 0. The number of fused-ring (bicyclic) bond motifs is 14.